The van der Waals surface area contributed by atoms with Crippen LogP contribution in [0, 0.1) is 6.92 Å². The first-order chi connectivity index (χ1) is 8.18. The molecule has 2 heteroatoms. The molecule has 1 fully saturated rings. The minimum absolute atomic E-state index is 0.215. The van der Waals surface area contributed by atoms with Gasteiger partial charge >= 0.3 is 0 Å². The summed E-state index contributed by atoms with van der Waals surface area (Å²) in [5.41, 5.74) is 2.75. The van der Waals surface area contributed by atoms with E-state index in [1.54, 1.807) is 0 Å². The molecule has 0 atom stereocenters. The third kappa shape index (κ3) is 2.66. The molecule has 1 aliphatic carbocycles. The highest BCUT2D eigenvalue weighted by Gasteiger charge is 2.37. The average molecular weight is 252 g/mol. The van der Waals surface area contributed by atoms with Crippen LogP contribution in [0.2, 0.25) is 5.02 Å². The third-order valence-electron chi connectivity index (χ3n) is 3.93. The predicted molar refractivity (Wildman–Crippen MR) is 74.6 cm³/mol. The van der Waals surface area contributed by atoms with Crippen molar-refractivity contribution in [1.82, 2.24) is 5.32 Å². The van der Waals surface area contributed by atoms with Crippen LogP contribution >= 0.6 is 11.6 Å². The summed E-state index contributed by atoms with van der Waals surface area (Å²) in [4.78, 5) is 0. The van der Waals surface area contributed by atoms with Gasteiger partial charge in [-0.2, -0.15) is 0 Å². The second-order valence-electron chi connectivity index (χ2n) is 5.18. The highest BCUT2D eigenvalue weighted by Crippen LogP contribution is 2.42. The smallest absolute Gasteiger partial charge is 0.0438 e. The van der Waals surface area contributed by atoms with E-state index < -0.39 is 0 Å². The van der Waals surface area contributed by atoms with Gasteiger partial charge in [-0.15, -0.1) is 0 Å². The first kappa shape index (κ1) is 12.9. The van der Waals surface area contributed by atoms with Gasteiger partial charge in [-0.05, 0) is 56.3 Å². The molecule has 0 saturated heterocycles. The topological polar surface area (TPSA) is 12.0 Å². The summed E-state index contributed by atoms with van der Waals surface area (Å²) in [6.45, 7) is 5.41. The molecule has 0 bridgehead atoms. The number of aryl methyl sites for hydroxylation is 1. The highest BCUT2D eigenvalue weighted by atomic mass is 35.5. The molecule has 0 aromatic heterocycles. The molecule has 0 radical (unpaired) electrons. The maximum absolute atomic E-state index is 6.23. The fourth-order valence-electron chi connectivity index (χ4n) is 2.49. The van der Waals surface area contributed by atoms with Gasteiger partial charge in [0.15, 0.2) is 0 Å². The van der Waals surface area contributed by atoms with Crippen LogP contribution in [0.3, 0.4) is 0 Å². The van der Waals surface area contributed by atoms with Crippen LogP contribution in [0.4, 0.5) is 0 Å². The first-order valence-corrected chi connectivity index (χ1v) is 7.07. The summed E-state index contributed by atoms with van der Waals surface area (Å²) >= 11 is 6.23. The summed E-state index contributed by atoms with van der Waals surface area (Å²) in [6, 6.07) is 6.52. The molecule has 1 saturated carbocycles. The minimum Gasteiger partial charge on any atom is -0.307 e. The Balaban J connectivity index is 2.13. The molecule has 1 N–H and O–H groups in total. The Morgan fingerprint density at radius 3 is 2.65 bits per heavy atom. The van der Waals surface area contributed by atoms with Gasteiger partial charge in [-0.3, -0.25) is 0 Å². The van der Waals surface area contributed by atoms with Crippen LogP contribution in [0.15, 0.2) is 18.2 Å². The summed E-state index contributed by atoms with van der Waals surface area (Å²) in [6.07, 6.45) is 6.32. The van der Waals surface area contributed by atoms with Crippen molar-refractivity contribution in [2.24, 2.45) is 0 Å². The molecule has 2 rings (SSSR count). The molecule has 1 aromatic carbocycles. The van der Waals surface area contributed by atoms with Crippen molar-refractivity contribution in [3.05, 3.63) is 34.3 Å². The maximum atomic E-state index is 6.23. The largest absolute Gasteiger partial charge is 0.307 e. The fourth-order valence-corrected chi connectivity index (χ4v) is 2.67. The Labute approximate surface area is 110 Å². The Kier molecular flexibility index (Phi) is 4.11. The normalized spacial score (nSPS) is 17.8. The van der Waals surface area contributed by atoms with E-state index in [0.29, 0.717) is 0 Å². The van der Waals surface area contributed by atoms with Crippen molar-refractivity contribution >= 4 is 11.6 Å². The average Bonchev–Trinajstić information content (AvgIpc) is 2.26. The molecule has 17 heavy (non-hydrogen) atoms. The maximum Gasteiger partial charge on any atom is 0.0438 e. The molecule has 0 heterocycles. The molecule has 1 aliphatic rings. The summed E-state index contributed by atoms with van der Waals surface area (Å²) in [7, 11) is 0. The number of benzene rings is 1. The lowest BCUT2D eigenvalue weighted by Crippen LogP contribution is -2.48. The van der Waals surface area contributed by atoms with Crippen LogP contribution in [0.25, 0.3) is 0 Å². The van der Waals surface area contributed by atoms with E-state index in [-0.39, 0.29) is 5.54 Å². The molecular weight excluding hydrogens is 230 g/mol. The predicted octanol–water partition coefficient (Wildman–Crippen LogP) is 4.42. The summed E-state index contributed by atoms with van der Waals surface area (Å²) in [5.74, 6) is 0. The SMILES string of the molecule is CCCCNC1(c2ccc(C)c(Cl)c2)CCC1. The summed E-state index contributed by atoms with van der Waals surface area (Å²) in [5, 5.41) is 4.63. The molecule has 94 valence electrons. The minimum atomic E-state index is 0.215. The molecule has 0 aliphatic heterocycles. The Morgan fingerprint density at radius 1 is 1.35 bits per heavy atom. The van der Waals surface area contributed by atoms with E-state index in [0.717, 1.165) is 11.6 Å². The lowest BCUT2D eigenvalue weighted by atomic mass is 9.71. The second kappa shape index (κ2) is 5.41. The number of nitrogens with one attached hydrogen (secondary N) is 1. The van der Waals surface area contributed by atoms with Crippen LogP contribution in [0.5, 0.6) is 0 Å². The molecular formula is C15H22ClN. The molecule has 0 amide bonds. The standard InChI is InChI=1S/C15H22ClN/c1-3-4-10-17-15(8-5-9-15)13-7-6-12(2)14(16)11-13/h6-7,11,17H,3-5,8-10H2,1-2H3. The quantitative estimate of drug-likeness (QED) is 0.764. The van der Waals surface area contributed by atoms with Gasteiger partial charge in [0.25, 0.3) is 0 Å². The van der Waals surface area contributed by atoms with Gasteiger partial charge in [0, 0.05) is 10.6 Å². The van der Waals surface area contributed by atoms with Gasteiger partial charge in [-0.25, -0.2) is 0 Å². The number of hydrogen-bond donors (Lipinski definition) is 1. The number of halogens is 1. The number of unbranched alkanes of at least 4 members (excludes halogenated alkanes) is 1. The fraction of sp³-hybridized carbons (Fsp3) is 0.600. The lowest BCUT2D eigenvalue weighted by Gasteiger charge is -2.43. The zero-order valence-corrected chi connectivity index (χ0v) is 11.6. The van der Waals surface area contributed by atoms with E-state index in [2.05, 4.69) is 37.4 Å². The van der Waals surface area contributed by atoms with Gasteiger partial charge in [0.1, 0.15) is 0 Å². The van der Waals surface area contributed by atoms with E-state index in [9.17, 15) is 0 Å². The van der Waals surface area contributed by atoms with Crippen LogP contribution < -0.4 is 5.32 Å². The van der Waals surface area contributed by atoms with E-state index in [1.807, 2.05) is 0 Å². The zero-order valence-electron chi connectivity index (χ0n) is 10.9. The third-order valence-corrected chi connectivity index (χ3v) is 4.33. The van der Waals surface area contributed by atoms with Gasteiger partial charge in [0.2, 0.25) is 0 Å². The van der Waals surface area contributed by atoms with Crippen LogP contribution in [-0.2, 0) is 5.54 Å². The summed E-state index contributed by atoms with van der Waals surface area (Å²) < 4.78 is 0. The van der Waals surface area contributed by atoms with E-state index in [4.69, 9.17) is 11.6 Å². The van der Waals surface area contributed by atoms with Gasteiger partial charge < -0.3 is 5.32 Å². The van der Waals surface area contributed by atoms with Crippen molar-refractivity contribution in [1.29, 1.82) is 0 Å². The molecule has 0 unspecified atom stereocenters. The van der Waals surface area contributed by atoms with E-state index >= 15 is 0 Å². The zero-order chi connectivity index (χ0) is 12.3. The van der Waals surface area contributed by atoms with Crippen molar-refractivity contribution in [3.8, 4) is 0 Å². The van der Waals surface area contributed by atoms with Crippen LogP contribution in [0.1, 0.15) is 50.2 Å². The number of rotatable bonds is 5. The Morgan fingerprint density at radius 2 is 2.12 bits per heavy atom. The van der Waals surface area contributed by atoms with Crippen molar-refractivity contribution in [2.75, 3.05) is 6.54 Å². The van der Waals surface area contributed by atoms with E-state index in [1.165, 1.54) is 43.2 Å². The van der Waals surface area contributed by atoms with Crippen molar-refractivity contribution in [2.45, 2.75) is 51.5 Å². The second-order valence-corrected chi connectivity index (χ2v) is 5.59. The van der Waals surface area contributed by atoms with Crippen molar-refractivity contribution in [3.63, 3.8) is 0 Å². The molecule has 1 aromatic rings. The monoisotopic (exact) mass is 251 g/mol. The molecule has 0 spiro atoms. The van der Waals surface area contributed by atoms with Crippen LogP contribution in [-0.4, -0.2) is 6.54 Å². The molecule has 1 nitrogen and oxygen atoms in total. The van der Waals surface area contributed by atoms with Crippen molar-refractivity contribution < 1.29 is 0 Å². The van der Waals surface area contributed by atoms with Gasteiger partial charge in [0.05, 0.1) is 0 Å². The Hall–Kier alpha value is -0.530. The number of hydrogen-bond acceptors (Lipinski definition) is 1. The first-order valence-electron chi connectivity index (χ1n) is 6.69. The lowest BCUT2D eigenvalue weighted by molar-refractivity contribution is 0.185. The Bertz CT molecular complexity index is 383. The van der Waals surface area contributed by atoms with Gasteiger partial charge in [-0.1, -0.05) is 37.1 Å². The highest BCUT2D eigenvalue weighted by molar-refractivity contribution is 6.31.